The highest BCUT2D eigenvalue weighted by Gasteiger charge is 2.29. The lowest BCUT2D eigenvalue weighted by Gasteiger charge is -2.25. The van der Waals surface area contributed by atoms with Gasteiger partial charge in [-0.15, -0.1) is 0 Å². The summed E-state index contributed by atoms with van der Waals surface area (Å²) in [6, 6.07) is 8.19. The molecule has 0 amide bonds. The van der Waals surface area contributed by atoms with Crippen LogP contribution in [0.4, 0.5) is 5.82 Å². The van der Waals surface area contributed by atoms with Crippen molar-refractivity contribution in [3.63, 3.8) is 0 Å². The summed E-state index contributed by atoms with van der Waals surface area (Å²) in [7, 11) is 1.81. The highest BCUT2D eigenvalue weighted by atomic mass is 16.5. The van der Waals surface area contributed by atoms with Crippen molar-refractivity contribution in [1.29, 1.82) is 0 Å². The molecule has 2 aliphatic rings. The quantitative estimate of drug-likeness (QED) is 0.584. The molecule has 7 nitrogen and oxygen atoms in total. The molecule has 3 N–H and O–H groups in total. The lowest BCUT2D eigenvalue weighted by atomic mass is 10.1. The minimum absolute atomic E-state index is 0.239. The van der Waals surface area contributed by atoms with Gasteiger partial charge in [0.15, 0.2) is 5.82 Å². The van der Waals surface area contributed by atoms with Crippen molar-refractivity contribution in [3.05, 3.63) is 35.5 Å². The van der Waals surface area contributed by atoms with Crippen LogP contribution in [0.5, 0.6) is 5.75 Å². The normalized spacial score (nSPS) is 18.2. The Morgan fingerprint density at radius 2 is 2.00 bits per heavy atom. The number of nitrogens with zero attached hydrogens (tertiary/aromatic N) is 2. The van der Waals surface area contributed by atoms with Crippen LogP contribution in [-0.2, 0) is 4.74 Å². The molecule has 2 aromatic rings. The zero-order chi connectivity index (χ0) is 20.9. The first kappa shape index (κ1) is 21.0. The van der Waals surface area contributed by atoms with Gasteiger partial charge in [0.05, 0.1) is 5.69 Å². The molecular weight excluding hydrogens is 380 g/mol. The zero-order valence-corrected chi connectivity index (χ0v) is 17.9. The fourth-order valence-corrected chi connectivity index (χ4v) is 3.81. The maximum Gasteiger partial charge on any atom is 0.161 e. The second kappa shape index (κ2) is 9.73. The van der Waals surface area contributed by atoms with Crippen LogP contribution in [0, 0.1) is 6.92 Å². The average Bonchev–Trinajstić information content (AvgIpc) is 3.60. The van der Waals surface area contributed by atoms with E-state index < -0.39 is 6.10 Å². The summed E-state index contributed by atoms with van der Waals surface area (Å²) in [4.78, 5) is 9.83. The van der Waals surface area contributed by atoms with Gasteiger partial charge in [-0.3, -0.25) is 0 Å². The molecule has 30 heavy (non-hydrogen) atoms. The molecule has 0 bridgehead atoms. The standard InChI is InChI=1S/C23H32N4O3/c1-15-21(16-6-7-16)26-23(27-22(15)25-18-8-10-29-11-9-18)17-4-3-5-20(12-17)30-14-19(28)13-24-2/h3-5,12,16,18-19,24,28H,6-11,13-14H2,1-2H3,(H,25,26,27). The van der Waals surface area contributed by atoms with Crippen molar-refractivity contribution in [2.24, 2.45) is 0 Å². The molecule has 4 rings (SSSR count). The van der Waals surface area contributed by atoms with E-state index in [0.29, 0.717) is 24.3 Å². The zero-order valence-electron chi connectivity index (χ0n) is 17.9. The van der Waals surface area contributed by atoms with Crippen molar-refractivity contribution in [2.45, 2.75) is 50.7 Å². The van der Waals surface area contributed by atoms with Crippen LogP contribution in [0.2, 0.25) is 0 Å². The lowest BCUT2D eigenvalue weighted by molar-refractivity contribution is 0.0903. The van der Waals surface area contributed by atoms with Crippen LogP contribution in [-0.4, -0.2) is 60.6 Å². The van der Waals surface area contributed by atoms with Gasteiger partial charge in [-0.05, 0) is 51.8 Å². The molecule has 162 valence electrons. The maximum absolute atomic E-state index is 9.89. The van der Waals surface area contributed by atoms with E-state index >= 15 is 0 Å². The van der Waals surface area contributed by atoms with Crippen molar-refractivity contribution >= 4 is 5.82 Å². The molecular formula is C23H32N4O3. The molecule has 2 fully saturated rings. The minimum Gasteiger partial charge on any atom is -0.491 e. The smallest absolute Gasteiger partial charge is 0.161 e. The Bertz CT molecular complexity index is 850. The summed E-state index contributed by atoms with van der Waals surface area (Å²) in [5.74, 6) is 2.90. The Morgan fingerprint density at radius 3 is 2.73 bits per heavy atom. The van der Waals surface area contributed by atoms with Gasteiger partial charge < -0.3 is 25.2 Å². The number of rotatable bonds is 9. The third kappa shape index (κ3) is 5.28. The Morgan fingerprint density at radius 1 is 1.20 bits per heavy atom. The number of hydrogen-bond acceptors (Lipinski definition) is 7. The number of ether oxygens (including phenoxy) is 2. The summed E-state index contributed by atoms with van der Waals surface area (Å²) in [6.07, 6.45) is 3.83. The number of aliphatic hydroxyl groups excluding tert-OH is 1. The Balaban J connectivity index is 1.57. The molecule has 0 spiro atoms. The van der Waals surface area contributed by atoms with Gasteiger partial charge >= 0.3 is 0 Å². The summed E-state index contributed by atoms with van der Waals surface area (Å²) in [6.45, 7) is 4.45. The average molecular weight is 413 g/mol. The number of benzene rings is 1. The molecule has 1 saturated carbocycles. The molecule has 7 heteroatoms. The summed E-state index contributed by atoms with van der Waals surface area (Å²) >= 11 is 0. The van der Waals surface area contributed by atoms with E-state index in [9.17, 15) is 5.11 Å². The van der Waals surface area contributed by atoms with Gasteiger partial charge in [0.2, 0.25) is 0 Å². The first-order chi connectivity index (χ1) is 14.6. The van der Waals surface area contributed by atoms with E-state index in [4.69, 9.17) is 19.4 Å². The van der Waals surface area contributed by atoms with Crippen molar-refractivity contribution in [2.75, 3.05) is 38.7 Å². The van der Waals surface area contributed by atoms with Crippen LogP contribution in [0.1, 0.15) is 42.9 Å². The second-order valence-corrected chi connectivity index (χ2v) is 8.26. The summed E-state index contributed by atoms with van der Waals surface area (Å²) < 4.78 is 11.3. The second-order valence-electron chi connectivity index (χ2n) is 8.26. The highest BCUT2D eigenvalue weighted by molar-refractivity contribution is 5.62. The number of nitrogens with one attached hydrogen (secondary N) is 2. The van der Waals surface area contributed by atoms with E-state index in [2.05, 4.69) is 17.6 Å². The topological polar surface area (TPSA) is 88.5 Å². The van der Waals surface area contributed by atoms with Gasteiger partial charge in [-0.1, -0.05) is 12.1 Å². The third-order valence-corrected chi connectivity index (χ3v) is 5.68. The fourth-order valence-electron chi connectivity index (χ4n) is 3.81. The van der Waals surface area contributed by atoms with Crippen LogP contribution in [0.3, 0.4) is 0 Å². The lowest BCUT2D eigenvalue weighted by Crippen LogP contribution is -2.29. The van der Waals surface area contributed by atoms with E-state index in [1.165, 1.54) is 12.8 Å². The molecule has 2 heterocycles. The number of hydrogen-bond donors (Lipinski definition) is 3. The van der Waals surface area contributed by atoms with Crippen LogP contribution in [0.25, 0.3) is 11.4 Å². The van der Waals surface area contributed by atoms with E-state index in [1.807, 2.05) is 31.3 Å². The van der Waals surface area contributed by atoms with Crippen molar-refractivity contribution < 1.29 is 14.6 Å². The van der Waals surface area contributed by atoms with E-state index in [-0.39, 0.29) is 6.61 Å². The first-order valence-electron chi connectivity index (χ1n) is 10.9. The van der Waals surface area contributed by atoms with Gasteiger partial charge in [0.1, 0.15) is 24.3 Å². The molecule has 1 aromatic carbocycles. The molecule has 1 atom stereocenters. The highest BCUT2D eigenvalue weighted by Crippen LogP contribution is 2.42. The van der Waals surface area contributed by atoms with Crippen molar-refractivity contribution in [3.8, 4) is 17.1 Å². The van der Waals surface area contributed by atoms with E-state index in [1.54, 1.807) is 0 Å². The number of likely N-dealkylation sites (N-methyl/N-ethyl adjacent to an activating group) is 1. The van der Waals surface area contributed by atoms with Gasteiger partial charge in [0, 0.05) is 42.8 Å². The predicted octanol–water partition coefficient (Wildman–Crippen LogP) is 2.88. The Kier molecular flexibility index (Phi) is 6.82. The monoisotopic (exact) mass is 412 g/mol. The number of aromatic nitrogens is 2. The van der Waals surface area contributed by atoms with Crippen LogP contribution < -0.4 is 15.4 Å². The Hall–Kier alpha value is -2.22. The predicted molar refractivity (Wildman–Crippen MR) is 117 cm³/mol. The molecule has 1 aromatic heterocycles. The summed E-state index contributed by atoms with van der Waals surface area (Å²) in [5, 5.41) is 16.5. The Labute approximate surface area is 178 Å². The number of aliphatic hydroxyl groups is 1. The largest absolute Gasteiger partial charge is 0.491 e. The van der Waals surface area contributed by atoms with Gasteiger partial charge in [0.25, 0.3) is 0 Å². The summed E-state index contributed by atoms with van der Waals surface area (Å²) in [5.41, 5.74) is 3.24. The molecule has 0 radical (unpaired) electrons. The van der Waals surface area contributed by atoms with Crippen molar-refractivity contribution in [1.82, 2.24) is 15.3 Å². The van der Waals surface area contributed by atoms with E-state index in [0.717, 1.165) is 54.5 Å². The molecule has 1 aliphatic heterocycles. The SMILES string of the molecule is CNCC(O)COc1cccc(-c2nc(NC3CCOCC3)c(C)c(C3CC3)n2)c1. The molecule has 1 aliphatic carbocycles. The molecule has 1 saturated heterocycles. The van der Waals surface area contributed by atoms with Crippen LogP contribution in [0.15, 0.2) is 24.3 Å². The fraction of sp³-hybridized carbons (Fsp3) is 0.565. The first-order valence-corrected chi connectivity index (χ1v) is 10.9. The van der Waals surface area contributed by atoms with Gasteiger partial charge in [-0.2, -0.15) is 0 Å². The van der Waals surface area contributed by atoms with Crippen LogP contribution >= 0.6 is 0 Å². The third-order valence-electron chi connectivity index (χ3n) is 5.68. The molecule has 1 unspecified atom stereocenters. The minimum atomic E-state index is -0.550. The van der Waals surface area contributed by atoms with Gasteiger partial charge in [-0.25, -0.2) is 9.97 Å². The number of anilines is 1. The maximum atomic E-state index is 9.89.